The molecule has 1 aliphatic rings. The van der Waals surface area contributed by atoms with Gasteiger partial charge < -0.3 is 4.74 Å². The minimum atomic E-state index is -0.399. The Balaban J connectivity index is 1.43. The van der Waals surface area contributed by atoms with Crippen LogP contribution in [-0.2, 0) is 10.2 Å². The minimum absolute atomic E-state index is 0.184. The van der Waals surface area contributed by atoms with Crippen LogP contribution in [-0.4, -0.2) is 28.0 Å². The second-order valence-corrected chi connectivity index (χ2v) is 10.9. The predicted octanol–water partition coefficient (Wildman–Crippen LogP) is 7.66. The van der Waals surface area contributed by atoms with Gasteiger partial charge in [-0.1, -0.05) is 63.3 Å². The lowest BCUT2D eigenvalue weighted by molar-refractivity contribution is 0.147. The summed E-state index contributed by atoms with van der Waals surface area (Å²) in [5.74, 6) is 8.37. The molecule has 0 unspecified atom stereocenters. The summed E-state index contributed by atoms with van der Waals surface area (Å²) >= 11 is 1.93. The third-order valence-corrected chi connectivity index (χ3v) is 7.73. The lowest BCUT2D eigenvalue weighted by Crippen LogP contribution is -2.22. The molecule has 0 radical (unpaired) electrons. The fraction of sp³-hybridized carbons (Fsp3) is 0.290. The molecular formula is C31H30N2O2S. The van der Waals surface area contributed by atoms with E-state index in [1.54, 1.807) is 4.57 Å². The highest BCUT2D eigenvalue weighted by Crippen LogP contribution is 2.41. The maximum Gasteiger partial charge on any atom is 0.420 e. The van der Waals surface area contributed by atoms with Crippen LogP contribution in [0.3, 0.4) is 0 Å². The monoisotopic (exact) mass is 494 g/mol. The molecule has 182 valence electrons. The maximum atomic E-state index is 12.9. The fourth-order valence-corrected chi connectivity index (χ4v) is 5.92. The van der Waals surface area contributed by atoms with E-state index in [0.717, 1.165) is 40.6 Å². The number of ether oxygens (including phenoxy) is 1. The Morgan fingerprint density at radius 1 is 1.06 bits per heavy atom. The molecule has 36 heavy (non-hydrogen) atoms. The average Bonchev–Trinajstić information content (AvgIpc) is 3.28. The molecule has 4 aromatic rings. The van der Waals surface area contributed by atoms with Gasteiger partial charge in [0.25, 0.3) is 0 Å². The molecule has 0 saturated carbocycles. The molecule has 0 aliphatic carbocycles. The molecule has 3 aromatic carbocycles. The zero-order chi connectivity index (χ0) is 25.1. The summed E-state index contributed by atoms with van der Waals surface area (Å²) in [5, 5.41) is 0. The van der Waals surface area contributed by atoms with E-state index in [9.17, 15) is 4.79 Å². The molecule has 0 spiro atoms. The van der Waals surface area contributed by atoms with Crippen molar-refractivity contribution in [2.45, 2.75) is 50.3 Å². The Morgan fingerprint density at radius 2 is 1.81 bits per heavy atom. The van der Waals surface area contributed by atoms with Gasteiger partial charge in [-0.2, -0.15) is 0 Å². The first-order chi connectivity index (χ1) is 17.5. The van der Waals surface area contributed by atoms with Crippen molar-refractivity contribution in [1.82, 2.24) is 9.55 Å². The number of rotatable bonds is 4. The lowest BCUT2D eigenvalue weighted by Gasteiger charge is -2.32. The Labute approximate surface area is 217 Å². The van der Waals surface area contributed by atoms with Gasteiger partial charge in [-0.15, -0.1) is 11.8 Å². The van der Waals surface area contributed by atoms with Crippen molar-refractivity contribution in [3.05, 3.63) is 83.4 Å². The van der Waals surface area contributed by atoms with Gasteiger partial charge >= 0.3 is 6.09 Å². The van der Waals surface area contributed by atoms with E-state index in [2.05, 4.69) is 50.8 Å². The minimum Gasteiger partial charge on any atom is -0.449 e. The molecule has 0 N–H and O–H groups in total. The first-order valence-corrected chi connectivity index (χ1v) is 13.5. The van der Waals surface area contributed by atoms with Crippen LogP contribution in [0.15, 0.2) is 71.6 Å². The van der Waals surface area contributed by atoms with Gasteiger partial charge in [0, 0.05) is 21.6 Å². The number of carbonyl (C=O) groups is 1. The number of imidazole rings is 1. The van der Waals surface area contributed by atoms with Gasteiger partial charge in [0.05, 0.1) is 17.6 Å². The first kappa shape index (κ1) is 24.2. The van der Waals surface area contributed by atoms with Gasteiger partial charge in [-0.05, 0) is 72.0 Å². The van der Waals surface area contributed by atoms with Gasteiger partial charge in [0.15, 0.2) is 5.82 Å². The summed E-state index contributed by atoms with van der Waals surface area (Å²) in [6.07, 6.45) is 2.58. The molecule has 4 nitrogen and oxygen atoms in total. The summed E-state index contributed by atoms with van der Waals surface area (Å²) in [6, 6.07) is 22.1. The number of nitrogens with zero attached hydrogens (tertiary/aromatic N) is 2. The zero-order valence-electron chi connectivity index (χ0n) is 21.0. The molecular weight excluding hydrogens is 464 g/mol. The van der Waals surface area contributed by atoms with Crippen molar-refractivity contribution in [3.8, 4) is 23.2 Å². The molecule has 5 heteroatoms. The van der Waals surface area contributed by atoms with Crippen LogP contribution in [0.5, 0.6) is 0 Å². The molecule has 0 bridgehead atoms. The second kappa shape index (κ2) is 10.2. The van der Waals surface area contributed by atoms with Crippen molar-refractivity contribution in [2.24, 2.45) is 0 Å². The molecule has 1 aromatic heterocycles. The van der Waals surface area contributed by atoms with Crippen molar-refractivity contribution in [3.63, 3.8) is 0 Å². The molecule has 5 rings (SSSR count). The number of benzene rings is 3. The van der Waals surface area contributed by atoms with Crippen LogP contribution in [0.1, 0.15) is 56.7 Å². The molecule has 0 saturated heterocycles. The van der Waals surface area contributed by atoms with Crippen molar-refractivity contribution in [1.29, 1.82) is 0 Å². The third-order valence-electron chi connectivity index (χ3n) is 6.65. The number of carbonyl (C=O) groups excluding carboxylic acids is 1. The van der Waals surface area contributed by atoms with Gasteiger partial charge in [-0.3, -0.25) is 0 Å². The number of thioether (sulfide) groups is 1. The largest absolute Gasteiger partial charge is 0.449 e. The second-order valence-electron chi connectivity index (χ2n) is 9.75. The number of aromatic nitrogens is 2. The van der Waals surface area contributed by atoms with E-state index in [1.807, 2.05) is 60.3 Å². The standard InChI is InChI=1S/C31H30N2O2S/c1-4-5-19-35-30(34)33-27-9-7-6-8-26(27)32-29(33)24-15-12-22(13-16-24)10-11-23-14-17-28-25(21-23)31(2,3)18-20-36-28/h6-9,12-17,21H,4-5,18-20H2,1-3H3. The Kier molecular flexibility index (Phi) is 6.89. The fourth-order valence-electron chi connectivity index (χ4n) is 4.43. The van der Waals surface area contributed by atoms with Crippen LogP contribution < -0.4 is 0 Å². The SMILES string of the molecule is CCCCOC(=O)n1c(-c2ccc(C#Cc3ccc4c(c3)C(C)(C)CCS4)cc2)nc2ccccc21. The zero-order valence-corrected chi connectivity index (χ0v) is 21.8. The number of unbranched alkanes of at least 4 members (excludes halogenated alkanes) is 1. The normalized spacial score (nSPS) is 14.1. The van der Waals surface area contributed by atoms with E-state index in [4.69, 9.17) is 9.72 Å². The van der Waals surface area contributed by atoms with Crippen molar-refractivity contribution in [2.75, 3.05) is 12.4 Å². The van der Waals surface area contributed by atoms with E-state index in [0.29, 0.717) is 12.4 Å². The maximum absolute atomic E-state index is 12.9. The number of para-hydroxylation sites is 2. The smallest absolute Gasteiger partial charge is 0.420 e. The topological polar surface area (TPSA) is 44.1 Å². The lowest BCUT2D eigenvalue weighted by atomic mass is 9.81. The number of hydrogen-bond acceptors (Lipinski definition) is 4. The Hall–Kier alpha value is -3.49. The highest BCUT2D eigenvalue weighted by molar-refractivity contribution is 7.99. The van der Waals surface area contributed by atoms with Crippen LogP contribution in [0.2, 0.25) is 0 Å². The Morgan fingerprint density at radius 3 is 2.61 bits per heavy atom. The van der Waals surface area contributed by atoms with Crippen LogP contribution in [0, 0.1) is 11.8 Å². The van der Waals surface area contributed by atoms with E-state index >= 15 is 0 Å². The van der Waals surface area contributed by atoms with Gasteiger partial charge in [-0.25, -0.2) is 14.3 Å². The van der Waals surface area contributed by atoms with Crippen LogP contribution in [0.25, 0.3) is 22.4 Å². The molecule has 0 amide bonds. The van der Waals surface area contributed by atoms with E-state index in [1.165, 1.54) is 22.6 Å². The summed E-state index contributed by atoms with van der Waals surface area (Å²) in [7, 11) is 0. The third kappa shape index (κ3) is 4.92. The van der Waals surface area contributed by atoms with Gasteiger partial charge in [0.2, 0.25) is 0 Å². The molecule has 2 heterocycles. The summed E-state index contributed by atoms with van der Waals surface area (Å²) < 4.78 is 7.09. The highest BCUT2D eigenvalue weighted by atomic mass is 32.2. The predicted molar refractivity (Wildman–Crippen MR) is 148 cm³/mol. The van der Waals surface area contributed by atoms with Crippen molar-refractivity contribution >= 4 is 28.9 Å². The molecule has 0 atom stereocenters. The van der Waals surface area contributed by atoms with Crippen molar-refractivity contribution < 1.29 is 9.53 Å². The van der Waals surface area contributed by atoms with E-state index in [-0.39, 0.29) is 5.41 Å². The average molecular weight is 495 g/mol. The number of hydrogen-bond donors (Lipinski definition) is 0. The van der Waals surface area contributed by atoms with Crippen LogP contribution >= 0.6 is 11.8 Å². The molecule has 1 aliphatic heterocycles. The first-order valence-electron chi connectivity index (χ1n) is 12.5. The van der Waals surface area contributed by atoms with Gasteiger partial charge in [0.1, 0.15) is 0 Å². The molecule has 0 fully saturated rings. The quantitative estimate of drug-likeness (QED) is 0.216. The van der Waals surface area contributed by atoms with E-state index < -0.39 is 6.09 Å². The summed E-state index contributed by atoms with van der Waals surface area (Å²) in [4.78, 5) is 19.0. The highest BCUT2D eigenvalue weighted by Gasteiger charge is 2.27. The summed E-state index contributed by atoms with van der Waals surface area (Å²) in [5.41, 5.74) is 5.87. The van der Waals surface area contributed by atoms with Crippen LogP contribution in [0.4, 0.5) is 4.79 Å². The Bertz CT molecular complexity index is 1470. The number of fused-ring (bicyclic) bond motifs is 2. The summed E-state index contributed by atoms with van der Waals surface area (Å²) in [6.45, 7) is 7.10.